The number of fused-ring (bicyclic) bond motifs is 1. The van der Waals surface area contributed by atoms with E-state index in [4.69, 9.17) is 43.6 Å². The summed E-state index contributed by atoms with van der Waals surface area (Å²) in [7, 11) is -4.67. The van der Waals surface area contributed by atoms with Crippen LogP contribution in [0.15, 0.2) is 41.5 Å². The Kier molecular flexibility index (Phi) is 12.4. The van der Waals surface area contributed by atoms with Gasteiger partial charge in [-0.15, -0.1) is 0 Å². The molecule has 0 spiro atoms. The molecule has 0 radical (unpaired) electrons. The first kappa shape index (κ1) is 35.1. The van der Waals surface area contributed by atoms with E-state index in [-0.39, 0.29) is 12.2 Å². The number of nitrogens with two attached hydrogens (primary N) is 2. The summed E-state index contributed by atoms with van der Waals surface area (Å²) in [4.78, 5) is 18.6. The van der Waals surface area contributed by atoms with Crippen LogP contribution in [0.3, 0.4) is 0 Å². The Morgan fingerprint density at radius 3 is 2.07 bits per heavy atom. The maximum Gasteiger partial charge on any atom is 0.394 e. The summed E-state index contributed by atoms with van der Waals surface area (Å²) in [6, 6.07) is 7.67. The summed E-state index contributed by atoms with van der Waals surface area (Å²) in [5.74, 6) is -1.72. The molecule has 1 saturated heterocycles. The number of carbonyl (C=O) groups is 1. The van der Waals surface area contributed by atoms with Crippen molar-refractivity contribution in [2.24, 2.45) is 16.5 Å². The summed E-state index contributed by atoms with van der Waals surface area (Å²) in [6.07, 6.45) is -10.0. The van der Waals surface area contributed by atoms with Gasteiger partial charge in [0, 0.05) is 11.6 Å². The lowest BCUT2D eigenvalue weighted by atomic mass is 9.84. The third-order valence-electron chi connectivity index (χ3n) is 6.25. The normalized spacial score (nSPS) is 33.5. The van der Waals surface area contributed by atoms with Gasteiger partial charge in [0.15, 0.2) is 6.29 Å². The summed E-state index contributed by atoms with van der Waals surface area (Å²) in [5, 5.41) is 68.1. The Morgan fingerprint density at radius 1 is 1.02 bits per heavy atom. The van der Waals surface area contributed by atoms with E-state index in [0.717, 1.165) is 5.39 Å². The van der Waals surface area contributed by atoms with Gasteiger partial charge in [0.2, 0.25) is 5.84 Å². The fraction of sp³-hybridized carbons (Fsp3) is 0.522. The van der Waals surface area contributed by atoms with Crippen molar-refractivity contribution in [1.82, 2.24) is 4.98 Å². The third kappa shape index (κ3) is 9.74. The van der Waals surface area contributed by atoms with Crippen LogP contribution in [0, 0.1) is 0 Å². The molecule has 13 N–H and O–H groups in total. The number of carboxylic acid groups (broad SMARTS) is 1. The smallest absolute Gasteiger partial charge is 0.394 e. The molecule has 1 aliphatic heterocycles. The van der Waals surface area contributed by atoms with Crippen molar-refractivity contribution in [3.8, 4) is 5.75 Å². The van der Waals surface area contributed by atoms with Crippen LogP contribution in [-0.2, 0) is 24.7 Å². The van der Waals surface area contributed by atoms with Crippen LogP contribution < -0.4 is 11.5 Å². The average molecular weight is 623 g/mol. The van der Waals surface area contributed by atoms with Crippen molar-refractivity contribution < 1.29 is 67.5 Å². The monoisotopic (exact) mass is 622 g/mol. The van der Waals surface area contributed by atoms with E-state index in [1.807, 2.05) is 18.2 Å². The van der Waals surface area contributed by atoms with Crippen LogP contribution in [0.1, 0.15) is 13.3 Å². The van der Waals surface area contributed by atoms with Gasteiger partial charge in [-0.05, 0) is 25.5 Å². The second kappa shape index (κ2) is 14.9. The third-order valence-corrected chi connectivity index (χ3v) is 6.25. The van der Waals surface area contributed by atoms with Gasteiger partial charge in [0.05, 0.1) is 18.2 Å². The SMILES string of the molecule is C[C@H]1O[C@H](OC2[C@@H](O)[C@@H](O)C(O)[C@H](O)[C@H]2O)[C@@H](N)C[C@@H]1N=C(N)C(=O)O.O=S(=O)(O)O.Oc1cccc2cccnc12. The molecule has 2 aromatic rings. The van der Waals surface area contributed by atoms with Gasteiger partial charge in [-0.3, -0.25) is 19.1 Å². The predicted octanol–water partition coefficient (Wildman–Crippen LogP) is -3.25. The molecule has 19 heteroatoms. The number of aliphatic imine (C=N–C) groups is 1. The standard InChI is InChI=1S/C14H25N3O9.C9H7NO.H2O4S/c1-3-5(17-12(16)13(23)24)2-4(15)14(25-3)26-11-9(21)7(19)6(18)8(20)10(11)22;11-8-5-1-3-7-4-2-6-10-9(7)8;1-5(2,3)4/h3-11,14,18-22H,2,15H2,1H3,(H2,16,17)(H,23,24);1-6,11H;(H2,1,2,3,4)/t3-,4+,5+,6?,7+,8+,9-,10+,11?,14-;;/m1../s1. The van der Waals surface area contributed by atoms with Gasteiger partial charge in [0.1, 0.15) is 47.9 Å². The zero-order valence-electron chi connectivity index (χ0n) is 22.0. The molecule has 18 nitrogen and oxygen atoms in total. The van der Waals surface area contributed by atoms with Crippen molar-refractivity contribution in [3.63, 3.8) is 0 Å². The van der Waals surface area contributed by atoms with Crippen LogP contribution in [-0.4, -0.2) is 131 Å². The van der Waals surface area contributed by atoms with Gasteiger partial charge < -0.3 is 56.7 Å². The maximum atomic E-state index is 10.8. The maximum absolute atomic E-state index is 10.8. The van der Waals surface area contributed by atoms with Crippen LogP contribution in [0.25, 0.3) is 10.9 Å². The molecule has 2 unspecified atom stereocenters. The van der Waals surface area contributed by atoms with Crippen molar-refractivity contribution in [1.29, 1.82) is 0 Å². The number of nitrogens with zero attached hydrogens (tertiary/aromatic N) is 2. The van der Waals surface area contributed by atoms with Gasteiger partial charge >= 0.3 is 16.4 Å². The highest BCUT2D eigenvalue weighted by Gasteiger charge is 2.50. The summed E-state index contributed by atoms with van der Waals surface area (Å²) >= 11 is 0. The van der Waals surface area contributed by atoms with E-state index in [1.165, 1.54) is 0 Å². The van der Waals surface area contributed by atoms with E-state index >= 15 is 0 Å². The van der Waals surface area contributed by atoms with E-state index in [2.05, 4.69) is 9.98 Å². The fourth-order valence-electron chi connectivity index (χ4n) is 4.11. The van der Waals surface area contributed by atoms with E-state index in [9.17, 15) is 35.4 Å². The predicted molar refractivity (Wildman–Crippen MR) is 142 cm³/mol. The minimum atomic E-state index is -4.67. The number of benzene rings is 1. The number of amidine groups is 1. The first-order valence-corrected chi connectivity index (χ1v) is 13.6. The number of para-hydroxylation sites is 1. The number of aromatic nitrogens is 1. The Hall–Kier alpha value is -3.08. The Morgan fingerprint density at radius 2 is 1.55 bits per heavy atom. The lowest BCUT2D eigenvalue weighted by molar-refractivity contribution is -0.293. The first-order chi connectivity index (χ1) is 19.4. The van der Waals surface area contributed by atoms with Gasteiger partial charge in [0.25, 0.3) is 0 Å². The highest BCUT2D eigenvalue weighted by Crippen LogP contribution is 2.29. The molecule has 1 saturated carbocycles. The lowest BCUT2D eigenvalue weighted by Crippen LogP contribution is -2.66. The molecule has 42 heavy (non-hydrogen) atoms. The molecule has 2 aliphatic rings. The Labute approximate surface area is 239 Å². The highest BCUT2D eigenvalue weighted by atomic mass is 32.3. The molecule has 0 amide bonds. The number of pyridine rings is 1. The zero-order chi connectivity index (χ0) is 31.9. The second-order valence-electron chi connectivity index (χ2n) is 9.35. The number of aliphatic hydroxyl groups excluding tert-OH is 5. The number of hydrogen-bond acceptors (Lipinski definition) is 14. The molecule has 0 bridgehead atoms. The van der Waals surface area contributed by atoms with Crippen molar-refractivity contribution in [3.05, 3.63) is 36.5 Å². The molecular weight excluding hydrogens is 588 g/mol. The van der Waals surface area contributed by atoms with Crippen LogP contribution in [0.4, 0.5) is 0 Å². The molecule has 1 aromatic heterocycles. The van der Waals surface area contributed by atoms with Gasteiger partial charge in [-0.1, -0.05) is 18.2 Å². The summed E-state index contributed by atoms with van der Waals surface area (Å²) in [6.45, 7) is 1.59. The van der Waals surface area contributed by atoms with E-state index in [0.29, 0.717) is 5.52 Å². The van der Waals surface area contributed by atoms with Gasteiger partial charge in [-0.2, -0.15) is 8.42 Å². The lowest BCUT2D eigenvalue weighted by Gasteiger charge is -2.45. The number of phenols is 1. The topological polar surface area (TPSA) is 329 Å². The molecule has 1 aliphatic carbocycles. The number of aromatic hydroxyl groups is 1. The number of aliphatic hydroxyl groups is 5. The van der Waals surface area contributed by atoms with E-state index < -0.39 is 83.3 Å². The number of aliphatic carboxylic acids is 1. The molecule has 1 aromatic carbocycles. The Bertz CT molecular complexity index is 1300. The van der Waals surface area contributed by atoms with Crippen LogP contribution >= 0.6 is 0 Å². The fourth-order valence-corrected chi connectivity index (χ4v) is 4.11. The summed E-state index contributed by atoms with van der Waals surface area (Å²) in [5.41, 5.74) is 11.9. The largest absolute Gasteiger partial charge is 0.506 e. The molecule has 2 fully saturated rings. The molecule has 10 atom stereocenters. The average Bonchev–Trinajstić information content (AvgIpc) is 2.91. The number of ether oxygens (including phenoxy) is 2. The second-order valence-corrected chi connectivity index (χ2v) is 10.2. The molecular formula is C23H34N4O14S. The van der Waals surface area contributed by atoms with Crippen LogP contribution in [0.5, 0.6) is 5.75 Å². The van der Waals surface area contributed by atoms with Crippen molar-refractivity contribution in [2.45, 2.75) is 74.4 Å². The number of hydrogen-bond donors (Lipinski definition) is 11. The molecule has 236 valence electrons. The number of rotatable bonds is 3. The zero-order valence-corrected chi connectivity index (χ0v) is 22.8. The van der Waals surface area contributed by atoms with Crippen molar-refractivity contribution >= 4 is 33.1 Å². The number of carboxylic acids is 1. The van der Waals surface area contributed by atoms with Crippen LogP contribution in [0.2, 0.25) is 0 Å². The van der Waals surface area contributed by atoms with Crippen molar-refractivity contribution in [2.75, 3.05) is 0 Å². The number of phenolic OH excluding ortho intramolecular Hbond substituents is 1. The minimum absolute atomic E-state index is 0.145. The minimum Gasteiger partial charge on any atom is -0.506 e. The van der Waals surface area contributed by atoms with Gasteiger partial charge in [-0.25, -0.2) is 4.79 Å². The Balaban J connectivity index is 0.000000313. The first-order valence-electron chi connectivity index (χ1n) is 12.2. The summed E-state index contributed by atoms with van der Waals surface area (Å²) < 4.78 is 42.6. The quantitative estimate of drug-likeness (QED) is 0.0909. The molecule has 4 rings (SSSR count). The highest BCUT2D eigenvalue weighted by molar-refractivity contribution is 7.79. The molecule has 2 heterocycles. The van der Waals surface area contributed by atoms with E-state index in [1.54, 1.807) is 25.3 Å².